The molecule has 1 aliphatic heterocycles. The molecule has 0 spiro atoms. The van der Waals surface area contributed by atoms with E-state index in [4.69, 9.17) is 9.47 Å². The molecule has 0 saturated carbocycles. The molecule has 1 aromatic carbocycles. The highest BCUT2D eigenvalue weighted by molar-refractivity contribution is 7.84. The largest absolute Gasteiger partial charge is 0.486 e. The minimum atomic E-state index is -0.777. The van der Waals surface area contributed by atoms with Gasteiger partial charge >= 0.3 is 0 Å². The highest BCUT2D eigenvalue weighted by atomic mass is 32.2. The van der Waals surface area contributed by atoms with Crippen molar-refractivity contribution in [1.82, 2.24) is 5.32 Å². The van der Waals surface area contributed by atoms with Gasteiger partial charge in [0.05, 0.1) is 0 Å². The van der Waals surface area contributed by atoms with Crippen LogP contribution in [-0.4, -0.2) is 35.5 Å². The molecule has 1 N–H and O–H groups in total. The van der Waals surface area contributed by atoms with Crippen molar-refractivity contribution in [3.63, 3.8) is 0 Å². The Bertz CT molecular complexity index is 436. The maximum absolute atomic E-state index is 11.2. The molecule has 2 unspecified atom stereocenters. The van der Waals surface area contributed by atoms with E-state index in [1.807, 2.05) is 25.1 Å². The maximum Gasteiger partial charge on any atom is 0.161 e. The predicted octanol–water partition coefficient (Wildman–Crippen LogP) is 1.31. The van der Waals surface area contributed by atoms with Gasteiger partial charge in [-0.15, -0.1) is 0 Å². The fraction of sp³-hybridized carbons (Fsp3) is 0.538. The van der Waals surface area contributed by atoms with Crippen LogP contribution in [0.1, 0.15) is 12.5 Å². The number of nitrogens with one attached hydrogen (secondary N) is 1. The van der Waals surface area contributed by atoms with Gasteiger partial charge in [0.15, 0.2) is 11.5 Å². The van der Waals surface area contributed by atoms with Crippen molar-refractivity contribution in [2.75, 3.05) is 26.0 Å². The average Bonchev–Trinajstić information content (AvgIpc) is 2.38. The summed E-state index contributed by atoms with van der Waals surface area (Å²) >= 11 is 0. The van der Waals surface area contributed by atoms with Gasteiger partial charge in [0.2, 0.25) is 0 Å². The molecule has 1 aromatic rings. The van der Waals surface area contributed by atoms with E-state index in [1.165, 1.54) is 0 Å². The van der Waals surface area contributed by atoms with Gasteiger partial charge in [0.25, 0.3) is 0 Å². The molecular weight excluding hydrogens is 250 g/mol. The molecule has 0 fully saturated rings. The zero-order chi connectivity index (χ0) is 13.0. The molecule has 0 amide bonds. The lowest BCUT2D eigenvalue weighted by Gasteiger charge is -2.19. The van der Waals surface area contributed by atoms with E-state index in [0.29, 0.717) is 13.2 Å². The second kappa shape index (κ2) is 6.20. The summed E-state index contributed by atoms with van der Waals surface area (Å²) in [5.74, 6) is 1.63. The van der Waals surface area contributed by atoms with Gasteiger partial charge in [-0.25, -0.2) is 0 Å². The zero-order valence-electron chi connectivity index (χ0n) is 10.8. The minimum absolute atomic E-state index is 0.169. The van der Waals surface area contributed by atoms with Crippen molar-refractivity contribution < 1.29 is 13.7 Å². The van der Waals surface area contributed by atoms with Crippen LogP contribution in [0, 0.1) is 0 Å². The van der Waals surface area contributed by atoms with Gasteiger partial charge in [0.1, 0.15) is 13.2 Å². The number of rotatable bonds is 5. The van der Waals surface area contributed by atoms with Crippen LogP contribution in [0.25, 0.3) is 0 Å². The molecule has 0 aromatic heterocycles. The smallest absolute Gasteiger partial charge is 0.161 e. The Hall–Kier alpha value is -1.07. The first-order valence-corrected chi connectivity index (χ1v) is 7.70. The van der Waals surface area contributed by atoms with Crippen LogP contribution in [0.15, 0.2) is 18.2 Å². The van der Waals surface area contributed by atoms with E-state index in [-0.39, 0.29) is 5.25 Å². The summed E-state index contributed by atoms with van der Waals surface area (Å²) < 4.78 is 22.2. The third kappa shape index (κ3) is 3.46. The average molecular weight is 269 g/mol. The lowest BCUT2D eigenvalue weighted by atomic mass is 10.2. The Morgan fingerprint density at radius 2 is 2.06 bits per heavy atom. The van der Waals surface area contributed by atoms with Crippen LogP contribution in [0.3, 0.4) is 0 Å². The Morgan fingerprint density at radius 3 is 2.78 bits per heavy atom. The monoisotopic (exact) mass is 269 g/mol. The van der Waals surface area contributed by atoms with Crippen LogP contribution in [-0.2, 0) is 17.3 Å². The van der Waals surface area contributed by atoms with Gasteiger partial charge in [-0.05, 0) is 24.6 Å². The number of benzene rings is 1. The molecule has 100 valence electrons. The van der Waals surface area contributed by atoms with E-state index in [0.717, 1.165) is 30.2 Å². The standard InChI is InChI=1S/C13H19NO3S/c1-10(18(2)15)8-14-9-11-3-4-12-13(7-11)17-6-5-16-12/h3-4,7,10,14H,5-6,8-9H2,1-2H3. The second-order valence-electron chi connectivity index (χ2n) is 4.42. The van der Waals surface area contributed by atoms with Gasteiger partial charge in [-0.3, -0.25) is 4.21 Å². The zero-order valence-corrected chi connectivity index (χ0v) is 11.6. The summed E-state index contributed by atoms with van der Waals surface area (Å²) in [6.07, 6.45) is 1.73. The Morgan fingerprint density at radius 1 is 1.33 bits per heavy atom. The fourth-order valence-electron chi connectivity index (χ4n) is 1.73. The van der Waals surface area contributed by atoms with Gasteiger partial charge in [-0.2, -0.15) is 0 Å². The van der Waals surface area contributed by atoms with Gasteiger partial charge in [0, 0.05) is 35.4 Å². The van der Waals surface area contributed by atoms with E-state index in [2.05, 4.69) is 5.32 Å². The first-order valence-electron chi connectivity index (χ1n) is 6.08. The number of hydrogen-bond acceptors (Lipinski definition) is 4. The normalized spacial score (nSPS) is 17.2. The van der Waals surface area contributed by atoms with E-state index in [9.17, 15) is 4.21 Å². The number of ether oxygens (including phenoxy) is 2. The molecule has 0 saturated heterocycles. The first kappa shape index (κ1) is 13.4. The van der Waals surface area contributed by atoms with Gasteiger partial charge < -0.3 is 14.8 Å². The quantitative estimate of drug-likeness (QED) is 0.875. The maximum atomic E-state index is 11.2. The first-order chi connectivity index (χ1) is 8.66. The van der Waals surface area contributed by atoms with Crippen LogP contribution >= 0.6 is 0 Å². The third-order valence-electron chi connectivity index (χ3n) is 2.93. The minimum Gasteiger partial charge on any atom is -0.486 e. The molecule has 0 aliphatic carbocycles. The van der Waals surface area contributed by atoms with Crippen LogP contribution in [0.4, 0.5) is 0 Å². The second-order valence-corrected chi connectivity index (χ2v) is 6.22. The van der Waals surface area contributed by atoms with Crippen molar-refractivity contribution in [3.05, 3.63) is 23.8 Å². The van der Waals surface area contributed by atoms with Crippen molar-refractivity contribution in [2.24, 2.45) is 0 Å². The third-order valence-corrected chi connectivity index (χ3v) is 4.23. The topological polar surface area (TPSA) is 47.6 Å². The molecule has 18 heavy (non-hydrogen) atoms. The molecule has 0 bridgehead atoms. The SMILES string of the molecule is CC(CNCc1ccc2c(c1)OCCO2)S(C)=O. The van der Waals surface area contributed by atoms with Crippen molar-refractivity contribution >= 4 is 10.8 Å². The lowest BCUT2D eigenvalue weighted by Crippen LogP contribution is -2.27. The molecular formula is C13H19NO3S. The summed E-state index contributed by atoms with van der Waals surface area (Å²) in [4.78, 5) is 0. The molecule has 0 radical (unpaired) electrons. The molecule has 1 aliphatic rings. The number of fused-ring (bicyclic) bond motifs is 1. The summed E-state index contributed by atoms with van der Waals surface area (Å²) in [7, 11) is -0.777. The molecule has 4 nitrogen and oxygen atoms in total. The molecule has 2 atom stereocenters. The Balaban J connectivity index is 1.88. The highest BCUT2D eigenvalue weighted by Crippen LogP contribution is 2.30. The molecule has 2 rings (SSSR count). The summed E-state index contributed by atoms with van der Waals surface area (Å²) in [5.41, 5.74) is 1.15. The number of hydrogen-bond donors (Lipinski definition) is 1. The van der Waals surface area contributed by atoms with E-state index >= 15 is 0 Å². The van der Waals surface area contributed by atoms with Crippen LogP contribution in [0.2, 0.25) is 0 Å². The predicted molar refractivity (Wildman–Crippen MR) is 72.7 cm³/mol. The summed E-state index contributed by atoms with van der Waals surface area (Å²) in [5, 5.41) is 3.47. The molecule has 1 heterocycles. The van der Waals surface area contributed by atoms with Crippen LogP contribution < -0.4 is 14.8 Å². The van der Waals surface area contributed by atoms with Crippen molar-refractivity contribution in [3.8, 4) is 11.5 Å². The Labute approximate surface area is 110 Å². The van der Waals surface area contributed by atoms with Crippen molar-refractivity contribution in [1.29, 1.82) is 0 Å². The summed E-state index contributed by atoms with van der Waals surface area (Å²) in [6.45, 7) is 4.70. The lowest BCUT2D eigenvalue weighted by molar-refractivity contribution is 0.171. The summed E-state index contributed by atoms with van der Waals surface area (Å²) in [6, 6.07) is 5.95. The van der Waals surface area contributed by atoms with Crippen molar-refractivity contribution in [2.45, 2.75) is 18.7 Å². The van der Waals surface area contributed by atoms with E-state index in [1.54, 1.807) is 6.26 Å². The van der Waals surface area contributed by atoms with Crippen LogP contribution in [0.5, 0.6) is 11.5 Å². The van der Waals surface area contributed by atoms with Gasteiger partial charge in [-0.1, -0.05) is 6.07 Å². The molecule has 5 heteroatoms. The fourth-order valence-corrected chi connectivity index (χ4v) is 2.09. The van der Waals surface area contributed by atoms with E-state index < -0.39 is 10.8 Å². The highest BCUT2D eigenvalue weighted by Gasteiger charge is 2.11. The Kier molecular flexibility index (Phi) is 4.60.